The van der Waals surface area contributed by atoms with Crippen molar-refractivity contribution in [3.05, 3.63) is 0 Å². The van der Waals surface area contributed by atoms with Crippen molar-refractivity contribution in [2.45, 2.75) is 50.7 Å². The molecule has 0 spiro atoms. The van der Waals surface area contributed by atoms with Crippen LogP contribution in [0.1, 0.15) is 38.5 Å². The van der Waals surface area contributed by atoms with Crippen LogP contribution in [-0.4, -0.2) is 31.5 Å². The Morgan fingerprint density at radius 3 is 2.47 bits per heavy atom. The fraction of sp³-hybridized carbons (Fsp3) is 0.909. The molecule has 3 N–H and O–H groups in total. The summed E-state index contributed by atoms with van der Waals surface area (Å²) >= 11 is 0. The van der Waals surface area contributed by atoms with Crippen LogP contribution in [0, 0.1) is 0 Å². The zero-order valence-corrected chi connectivity index (χ0v) is 9.34. The largest absolute Gasteiger partial charge is 0.309 e. The van der Waals surface area contributed by atoms with Gasteiger partial charge in [0.1, 0.15) is 0 Å². The predicted molar refractivity (Wildman–Crippen MR) is 62.9 cm³/mol. The Hall–Kier alpha value is -0.610. The van der Waals surface area contributed by atoms with E-state index in [1.165, 1.54) is 38.5 Å². The molecule has 2 unspecified atom stereocenters. The lowest BCUT2D eigenvalue weighted by atomic mass is 10.1. The summed E-state index contributed by atoms with van der Waals surface area (Å²) in [5.74, 6) is 0. The summed E-state index contributed by atoms with van der Waals surface area (Å²) in [6.07, 6.45) is 10.1. The highest BCUT2D eigenvalue weighted by molar-refractivity contribution is 5.64. The minimum absolute atomic E-state index is 0.388. The molecule has 2 atom stereocenters. The first-order valence-corrected chi connectivity index (χ1v) is 6.20. The Labute approximate surface area is 91.9 Å². The molecule has 0 aromatic carbocycles. The molecular formula is C11H22N4. The van der Waals surface area contributed by atoms with E-state index in [0.717, 1.165) is 13.1 Å². The van der Waals surface area contributed by atoms with Gasteiger partial charge >= 0.3 is 0 Å². The normalized spacial score (nSPS) is 33.1. The Morgan fingerprint density at radius 1 is 1.00 bits per heavy atom. The van der Waals surface area contributed by atoms with Gasteiger partial charge in [-0.05, 0) is 45.2 Å². The molecule has 2 heterocycles. The van der Waals surface area contributed by atoms with E-state index in [1.807, 2.05) is 6.21 Å². The molecule has 15 heavy (non-hydrogen) atoms. The summed E-state index contributed by atoms with van der Waals surface area (Å²) in [6.45, 7) is 2.26. The molecule has 2 aliphatic heterocycles. The standard InChI is InChI=1S/C11H22N4/c1-3-7-12-10(5-1)9-14-15-11-6-2-4-8-13-11/h9-13,15H,1-8H2/b14-9+. The van der Waals surface area contributed by atoms with Crippen LogP contribution in [0.5, 0.6) is 0 Å². The number of piperidine rings is 2. The van der Waals surface area contributed by atoms with E-state index >= 15 is 0 Å². The highest BCUT2D eigenvalue weighted by atomic mass is 15.4. The Balaban J connectivity index is 1.64. The SMILES string of the molecule is C(=N\NC1CCCCN1)/C1CCCCN1. The van der Waals surface area contributed by atoms with Crippen molar-refractivity contribution in [2.24, 2.45) is 5.10 Å². The highest BCUT2D eigenvalue weighted by Gasteiger charge is 2.11. The van der Waals surface area contributed by atoms with E-state index in [4.69, 9.17) is 0 Å². The number of rotatable bonds is 3. The van der Waals surface area contributed by atoms with Gasteiger partial charge < -0.3 is 5.32 Å². The lowest BCUT2D eigenvalue weighted by Crippen LogP contribution is -2.43. The molecular weight excluding hydrogens is 188 g/mol. The topological polar surface area (TPSA) is 48.5 Å². The van der Waals surface area contributed by atoms with E-state index < -0.39 is 0 Å². The second-order valence-corrected chi connectivity index (χ2v) is 4.47. The average molecular weight is 210 g/mol. The molecule has 2 saturated heterocycles. The van der Waals surface area contributed by atoms with E-state index in [-0.39, 0.29) is 0 Å². The van der Waals surface area contributed by atoms with Gasteiger partial charge in [-0.3, -0.25) is 10.7 Å². The maximum absolute atomic E-state index is 4.32. The van der Waals surface area contributed by atoms with Crippen LogP contribution in [0.25, 0.3) is 0 Å². The second-order valence-electron chi connectivity index (χ2n) is 4.47. The molecule has 0 saturated carbocycles. The number of hydrazone groups is 1. The number of hydrogen-bond donors (Lipinski definition) is 3. The summed E-state index contributed by atoms with van der Waals surface area (Å²) in [5, 5.41) is 11.2. The molecule has 0 aromatic rings. The van der Waals surface area contributed by atoms with Gasteiger partial charge in [-0.1, -0.05) is 6.42 Å². The van der Waals surface area contributed by atoms with E-state index in [9.17, 15) is 0 Å². The molecule has 4 nitrogen and oxygen atoms in total. The molecule has 0 radical (unpaired) electrons. The average Bonchev–Trinajstić information content (AvgIpc) is 2.32. The zero-order chi connectivity index (χ0) is 10.3. The molecule has 0 aromatic heterocycles. The highest BCUT2D eigenvalue weighted by Crippen LogP contribution is 2.06. The van der Waals surface area contributed by atoms with Gasteiger partial charge in [0.25, 0.3) is 0 Å². The van der Waals surface area contributed by atoms with Gasteiger partial charge in [-0.15, -0.1) is 0 Å². The molecule has 2 fully saturated rings. The van der Waals surface area contributed by atoms with Gasteiger partial charge in [0, 0.05) is 12.3 Å². The smallest absolute Gasteiger partial charge is 0.0933 e. The minimum Gasteiger partial charge on any atom is -0.309 e. The first kappa shape index (κ1) is 10.9. The second kappa shape index (κ2) is 6.08. The fourth-order valence-corrected chi connectivity index (χ4v) is 2.19. The first-order valence-electron chi connectivity index (χ1n) is 6.20. The maximum Gasteiger partial charge on any atom is 0.0933 e. The molecule has 2 aliphatic rings. The lowest BCUT2D eigenvalue weighted by Gasteiger charge is -2.23. The Morgan fingerprint density at radius 2 is 1.80 bits per heavy atom. The third-order valence-electron chi connectivity index (χ3n) is 3.14. The van der Waals surface area contributed by atoms with Gasteiger partial charge in [0.2, 0.25) is 0 Å². The number of nitrogens with one attached hydrogen (secondary N) is 3. The third-order valence-corrected chi connectivity index (χ3v) is 3.14. The number of nitrogens with zero attached hydrogens (tertiary/aromatic N) is 1. The van der Waals surface area contributed by atoms with E-state index in [2.05, 4.69) is 21.2 Å². The van der Waals surface area contributed by atoms with E-state index in [0.29, 0.717) is 12.2 Å². The van der Waals surface area contributed by atoms with Gasteiger partial charge in [0.05, 0.1) is 6.17 Å². The van der Waals surface area contributed by atoms with Crippen molar-refractivity contribution >= 4 is 6.21 Å². The first-order chi connectivity index (χ1) is 7.45. The van der Waals surface area contributed by atoms with Crippen molar-refractivity contribution < 1.29 is 0 Å². The molecule has 0 aliphatic carbocycles. The predicted octanol–water partition coefficient (Wildman–Crippen LogP) is 0.803. The lowest BCUT2D eigenvalue weighted by molar-refractivity contribution is 0.349. The minimum atomic E-state index is 0.388. The van der Waals surface area contributed by atoms with Gasteiger partial charge in [0.15, 0.2) is 0 Å². The fourth-order valence-electron chi connectivity index (χ4n) is 2.19. The van der Waals surface area contributed by atoms with Gasteiger partial charge in [-0.25, -0.2) is 0 Å². The summed E-state index contributed by atoms with van der Waals surface area (Å²) < 4.78 is 0. The van der Waals surface area contributed by atoms with Crippen LogP contribution >= 0.6 is 0 Å². The molecule has 0 bridgehead atoms. The molecule has 86 valence electrons. The maximum atomic E-state index is 4.32. The number of hydrogen-bond acceptors (Lipinski definition) is 4. The Bertz CT molecular complexity index is 193. The van der Waals surface area contributed by atoms with Crippen molar-refractivity contribution in [2.75, 3.05) is 13.1 Å². The van der Waals surface area contributed by atoms with Crippen LogP contribution in [0.3, 0.4) is 0 Å². The van der Waals surface area contributed by atoms with E-state index in [1.54, 1.807) is 0 Å². The molecule has 2 rings (SSSR count). The van der Waals surface area contributed by atoms with Crippen molar-refractivity contribution in [3.63, 3.8) is 0 Å². The summed E-state index contributed by atoms with van der Waals surface area (Å²) in [6, 6.07) is 0.481. The Kier molecular flexibility index (Phi) is 4.41. The van der Waals surface area contributed by atoms with Crippen LogP contribution in [0.15, 0.2) is 5.10 Å². The van der Waals surface area contributed by atoms with Crippen LogP contribution in [-0.2, 0) is 0 Å². The quantitative estimate of drug-likeness (QED) is 0.477. The van der Waals surface area contributed by atoms with Gasteiger partial charge in [-0.2, -0.15) is 5.10 Å². The summed E-state index contributed by atoms with van der Waals surface area (Å²) in [5.41, 5.74) is 3.19. The van der Waals surface area contributed by atoms with Crippen LogP contribution in [0.2, 0.25) is 0 Å². The molecule has 0 amide bonds. The summed E-state index contributed by atoms with van der Waals surface area (Å²) in [7, 11) is 0. The summed E-state index contributed by atoms with van der Waals surface area (Å²) in [4.78, 5) is 0. The zero-order valence-electron chi connectivity index (χ0n) is 9.34. The monoisotopic (exact) mass is 210 g/mol. The van der Waals surface area contributed by atoms with Crippen molar-refractivity contribution in [3.8, 4) is 0 Å². The van der Waals surface area contributed by atoms with Crippen molar-refractivity contribution in [1.29, 1.82) is 0 Å². The van der Waals surface area contributed by atoms with Crippen LogP contribution < -0.4 is 16.1 Å². The third kappa shape index (κ3) is 3.80. The van der Waals surface area contributed by atoms with Crippen molar-refractivity contribution in [1.82, 2.24) is 16.1 Å². The van der Waals surface area contributed by atoms with Crippen LogP contribution in [0.4, 0.5) is 0 Å². The molecule has 4 heteroatoms.